The smallest absolute Gasteiger partial charge is 0.172 e. The first-order valence-electron chi connectivity index (χ1n) is 17.5. The maximum atomic E-state index is 9.64. The molecule has 9 unspecified atom stereocenters. The number of aldehydes is 1. The minimum Gasteiger partial charge on any atom is -0.395 e. The van der Waals surface area contributed by atoms with E-state index in [1.54, 1.807) is 7.11 Å². The predicted molar refractivity (Wildman–Crippen MR) is 182 cm³/mol. The van der Waals surface area contributed by atoms with E-state index < -0.39 is 49.0 Å². The van der Waals surface area contributed by atoms with Crippen LogP contribution in [0.2, 0.25) is 0 Å². The Labute approximate surface area is 299 Å². The Kier molecular flexibility index (Phi) is 25.0. The van der Waals surface area contributed by atoms with Gasteiger partial charge in [-0.1, -0.05) is 0 Å². The van der Waals surface area contributed by atoms with Gasteiger partial charge in [-0.05, 0) is 39.2 Å². The Balaban J connectivity index is 0.000000351. The summed E-state index contributed by atoms with van der Waals surface area (Å²) in [7, 11) is 3.56. The molecule has 3 saturated heterocycles. The van der Waals surface area contributed by atoms with Crippen molar-refractivity contribution in [1.29, 1.82) is 0 Å². The summed E-state index contributed by atoms with van der Waals surface area (Å²) >= 11 is 0. The molecule has 3 aliphatic heterocycles. The maximum Gasteiger partial charge on any atom is 0.172 e. The third-order valence-electron chi connectivity index (χ3n) is 8.85. The van der Waals surface area contributed by atoms with Gasteiger partial charge < -0.3 is 103 Å². The SMILES string of the molecule is CNC1CC(N)CC(OC2CCC(CO)O2)C1.CO[C@@H]1CC[C@H](O)C(CNCCO)O1.NCC(O)C(O)C=O.NC[C@@H]1O[C@H](O)[C@H](N)C(O)[C@@H]1O. The molecule has 20 nitrogen and oxygen atoms in total. The van der Waals surface area contributed by atoms with Crippen molar-refractivity contribution < 1.29 is 69.3 Å². The number of rotatable bonds is 13. The molecule has 0 radical (unpaired) electrons. The van der Waals surface area contributed by atoms with Crippen LogP contribution in [0, 0.1) is 0 Å². The number of aliphatic hydroxyl groups excluding tert-OH is 8. The van der Waals surface area contributed by atoms with Crippen LogP contribution in [-0.2, 0) is 28.5 Å². The van der Waals surface area contributed by atoms with Gasteiger partial charge in [0.15, 0.2) is 25.2 Å². The Morgan fingerprint density at radius 3 is 2.12 bits per heavy atom. The van der Waals surface area contributed by atoms with E-state index in [-0.39, 0.29) is 69.5 Å². The standard InChI is InChI=1S/C12H24N2O3.C9H19NO4.C6H14N2O4.C4H9NO3/c1-14-9-4-8(13)5-11(6-9)17-12-3-2-10(7-15)16-12;1-13-9-3-2-7(12)8(14-9)6-10-4-5-11;7-1-2-4(9)5(10)3(8)6(11)12-2;5-1-3(7)4(8)2-6/h8-12,14-15H,2-7,13H2,1H3;7-12H,2-6H2,1H3;2-6,9-11H,1,7-8H2;2-4,7-8H,1,5H2/t;7-,8?,9-;2-,3+,4+,5?,6-;/m.00./s1. The van der Waals surface area contributed by atoms with Crippen LogP contribution in [0.15, 0.2) is 0 Å². The van der Waals surface area contributed by atoms with E-state index in [4.69, 9.17) is 72.2 Å². The van der Waals surface area contributed by atoms with Crippen molar-refractivity contribution in [1.82, 2.24) is 10.6 Å². The summed E-state index contributed by atoms with van der Waals surface area (Å²) in [5.74, 6) is 0. The summed E-state index contributed by atoms with van der Waals surface area (Å²) in [6.45, 7) is 1.17. The first kappa shape index (κ1) is 47.9. The van der Waals surface area contributed by atoms with Crippen molar-refractivity contribution >= 4 is 6.29 Å². The lowest BCUT2D eigenvalue weighted by Gasteiger charge is -2.38. The largest absolute Gasteiger partial charge is 0.395 e. The fraction of sp³-hybridized carbons (Fsp3) is 0.968. The van der Waals surface area contributed by atoms with Crippen LogP contribution >= 0.6 is 0 Å². The minimum absolute atomic E-state index is 0.0298. The van der Waals surface area contributed by atoms with Gasteiger partial charge in [0.1, 0.15) is 24.4 Å². The Bertz CT molecular complexity index is 888. The number of hydrogen-bond donors (Lipinski definition) is 14. The number of nitrogens with two attached hydrogens (primary N) is 4. The summed E-state index contributed by atoms with van der Waals surface area (Å²) in [5.41, 5.74) is 21.4. The predicted octanol–water partition coefficient (Wildman–Crippen LogP) is -6.37. The molecule has 15 atom stereocenters. The summed E-state index contributed by atoms with van der Waals surface area (Å²) in [4.78, 5) is 9.64. The van der Waals surface area contributed by atoms with Gasteiger partial charge in [-0.25, -0.2) is 0 Å². The second-order valence-electron chi connectivity index (χ2n) is 12.9. The normalized spacial score (nSPS) is 37.7. The van der Waals surface area contributed by atoms with Gasteiger partial charge in [0.05, 0.1) is 49.8 Å². The number of aliphatic hydroxyl groups is 8. The van der Waals surface area contributed by atoms with Gasteiger partial charge >= 0.3 is 0 Å². The first-order chi connectivity index (χ1) is 24.3. The average molecular weight is 747 g/mol. The number of carbonyl (C=O) groups excluding carboxylic acids is 1. The van der Waals surface area contributed by atoms with Crippen LogP contribution in [0.4, 0.5) is 0 Å². The van der Waals surface area contributed by atoms with E-state index in [9.17, 15) is 20.1 Å². The number of hydrogen-bond acceptors (Lipinski definition) is 20. The van der Waals surface area contributed by atoms with Crippen LogP contribution in [0.3, 0.4) is 0 Å². The third kappa shape index (κ3) is 17.7. The van der Waals surface area contributed by atoms with Crippen molar-refractivity contribution in [3.63, 3.8) is 0 Å². The van der Waals surface area contributed by atoms with Crippen LogP contribution in [0.25, 0.3) is 0 Å². The highest BCUT2D eigenvalue weighted by Crippen LogP contribution is 2.27. The lowest BCUT2D eigenvalue weighted by Crippen LogP contribution is -2.62. The molecule has 0 aromatic carbocycles. The summed E-state index contributed by atoms with van der Waals surface area (Å²) in [5, 5.41) is 78.0. The van der Waals surface area contributed by atoms with Crippen molar-refractivity contribution in [2.75, 3.05) is 53.6 Å². The molecule has 304 valence electrons. The summed E-state index contributed by atoms with van der Waals surface area (Å²) in [6, 6.07) is -0.331. The van der Waals surface area contributed by atoms with Gasteiger partial charge in [-0.15, -0.1) is 0 Å². The molecule has 0 aromatic heterocycles. The van der Waals surface area contributed by atoms with Gasteiger partial charge in [-0.2, -0.15) is 0 Å². The molecule has 4 fully saturated rings. The molecular formula is C31H66N6O14. The quantitative estimate of drug-likeness (QED) is 0.0615. The molecule has 4 rings (SSSR count). The molecule has 1 saturated carbocycles. The summed E-state index contributed by atoms with van der Waals surface area (Å²) < 4.78 is 26.9. The zero-order valence-electron chi connectivity index (χ0n) is 29.8. The van der Waals surface area contributed by atoms with Crippen molar-refractivity contribution in [2.24, 2.45) is 22.9 Å². The summed E-state index contributed by atoms with van der Waals surface area (Å²) in [6.07, 6.45) is -1.35. The number of nitrogens with one attached hydrogen (secondary N) is 2. The first-order valence-corrected chi connectivity index (χ1v) is 17.5. The highest BCUT2D eigenvalue weighted by molar-refractivity contribution is 5.56. The number of ether oxygens (including phenoxy) is 5. The van der Waals surface area contributed by atoms with Crippen molar-refractivity contribution in [3.05, 3.63) is 0 Å². The molecule has 0 bridgehead atoms. The zero-order valence-corrected chi connectivity index (χ0v) is 29.8. The minimum atomic E-state index is -1.33. The average Bonchev–Trinajstić information content (AvgIpc) is 3.60. The van der Waals surface area contributed by atoms with E-state index in [0.717, 1.165) is 38.5 Å². The van der Waals surface area contributed by atoms with Gasteiger partial charge in [0.25, 0.3) is 0 Å². The van der Waals surface area contributed by atoms with Gasteiger partial charge in [0.2, 0.25) is 0 Å². The zero-order chi connectivity index (χ0) is 38.5. The van der Waals surface area contributed by atoms with E-state index in [0.29, 0.717) is 25.6 Å². The Morgan fingerprint density at radius 1 is 0.902 bits per heavy atom. The molecule has 18 N–H and O–H groups in total. The third-order valence-corrected chi connectivity index (χ3v) is 8.85. The lowest BCUT2D eigenvalue weighted by molar-refractivity contribution is -0.238. The van der Waals surface area contributed by atoms with Crippen LogP contribution in [-0.4, -0.2) is 193 Å². The van der Waals surface area contributed by atoms with Crippen LogP contribution in [0.1, 0.15) is 44.9 Å². The molecule has 4 aliphatic rings. The highest BCUT2D eigenvalue weighted by Gasteiger charge is 2.41. The van der Waals surface area contributed by atoms with E-state index in [1.807, 2.05) is 7.05 Å². The molecule has 51 heavy (non-hydrogen) atoms. The molecule has 20 heteroatoms. The van der Waals surface area contributed by atoms with Crippen molar-refractivity contribution in [3.8, 4) is 0 Å². The van der Waals surface area contributed by atoms with Crippen LogP contribution in [0.5, 0.6) is 0 Å². The Hall–Kier alpha value is -1.09. The fourth-order valence-corrected chi connectivity index (χ4v) is 5.70. The monoisotopic (exact) mass is 746 g/mol. The maximum absolute atomic E-state index is 9.64. The topological polar surface area (TPSA) is 353 Å². The van der Waals surface area contributed by atoms with Gasteiger partial charge in [-0.3, -0.25) is 0 Å². The fourth-order valence-electron chi connectivity index (χ4n) is 5.70. The molecule has 1 aliphatic carbocycles. The molecule has 0 aromatic rings. The second kappa shape index (κ2) is 26.6. The molecule has 0 spiro atoms. The Morgan fingerprint density at radius 2 is 1.59 bits per heavy atom. The molecule has 3 heterocycles. The van der Waals surface area contributed by atoms with Crippen molar-refractivity contribution in [2.45, 2.75) is 137 Å². The number of carbonyl (C=O) groups is 1. The molecular weight excluding hydrogens is 680 g/mol. The molecule has 0 amide bonds. The number of methoxy groups -OCH3 is 1. The van der Waals surface area contributed by atoms with E-state index in [1.165, 1.54) is 0 Å². The lowest BCUT2D eigenvalue weighted by atomic mass is 9.89. The van der Waals surface area contributed by atoms with Crippen LogP contribution < -0.4 is 33.6 Å². The van der Waals surface area contributed by atoms with E-state index in [2.05, 4.69) is 10.6 Å². The van der Waals surface area contributed by atoms with E-state index >= 15 is 0 Å². The highest BCUT2D eigenvalue weighted by atomic mass is 16.7. The van der Waals surface area contributed by atoms with Gasteiger partial charge in [0, 0.05) is 58.2 Å². The second-order valence-corrected chi connectivity index (χ2v) is 12.9.